The Hall–Kier alpha value is -0.820. The van der Waals surface area contributed by atoms with E-state index in [9.17, 15) is 18.0 Å². The molecule has 0 heterocycles. The van der Waals surface area contributed by atoms with Crippen LogP contribution in [0.1, 0.15) is 19.3 Å². The van der Waals surface area contributed by atoms with Crippen LogP contribution in [0.5, 0.6) is 0 Å². The summed E-state index contributed by atoms with van der Waals surface area (Å²) >= 11 is 0. The van der Waals surface area contributed by atoms with Gasteiger partial charge in [0.25, 0.3) is 0 Å². The highest BCUT2D eigenvalue weighted by molar-refractivity contribution is 5.69. The van der Waals surface area contributed by atoms with E-state index in [4.69, 9.17) is 0 Å². The summed E-state index contributed by atoms with van der Waals surface area (Å²) in [6, 6.07) is 0. The average molecular weight is 271 g/mol. The van der Waals surface area contributed by atoms with Crippen molar-refractivity contribution >= 4 is 5.97 Å². The molecule has 0 spiro atoms. The third kappa shape index (κ3) is 11.7. The van der Waals surface area contributed by atoms with E-state index in [-0.39, 0.29) is 12.6 Å². The predicted octanol–water partition coefficient (Wildman–Crippen LogP) is 1.84. The fraction of sp³-hybridized carbons (Fsp3) is 0.909. The minimum absolute atomic E-state index is 0.0842. The highest BCUT2D eigenvalue weighted by Gasteiger charge is 2.27. The van der Waals surface area contributed by atoms with Gasteiger partial charge in [0.2, 0.25) is 0 Å². The Morgan fingerprint density at radius 1 is 1.22 bits per heavy atom. The molecule has 0 unspecified atom stereocenters. The van der Waals surface area contributed by atoms with Crippen LogP contribution in [0.25, 0.3) is 0 Å². The quantitative estimate of drug-likeness (QED) is 0.474. The fourth-order valence-corrected chi connectivity index (χ4v) is 1.33. The Morgan fingerprint density at radius 2 is 1.83 bits per heavy atom. The second-order valence-corrected chi connectivity index (χ2v) is 4.00. The van der Waals surface area contributed by atoms with Crippen molar-refractivity contribution in [2.24, 2.45) is 0 Å². The van der Waals surface area contributed by atoms with Gasteiger partial charge in [-0.25, -0.2) is 0 Å². The number of nitrogens with zero attached hydrogens (tertiary/aromatic N) is 1. The second kappa shape index (κ2) is 9.16. The lowest BCUT2D eigenvalue weighted by molar-refractivity contribution is -0.174. The minimum atomic E-state index is -4.26. The lowest BCUT2D eigenvalue weighted by Gasteiger charge is -2.16. The molecule has 0 bridgehead atoms. The molecule has 18 heavy (non-hydrogen) atoms. The summed E-state index contributed by atoms with van der Waals surface area (Å²) in [5.74, 6) is -0.253. The summed E-state index contributed by atoms with van der Waals surface area (Å²) in [4.78, 5) is 12.8. The highest BCUT2D eigenvalue weighted by atomic mass is 19.4. The van der Waals surface area contributed by atoms with Crippen molar-refractivity contribution in [1.29, 1.82) is 0 Å². The molecule has 108 valence electrons. The van der Waals surface area contributed by atoms with E-state index in [0.29, 0.717) is 32.4 Å². The molecule has 0 aliphatic heterocycles. The third-order valence-electron chi connectivity index (χ3n) is 2.24. The predicted molar refractivity (Wildman–Crippen MR) is 60.2 cm³/mol. The molecule has 0 saturated heterocycles. The summed E-state index contributed by atoms with van der Waals surface area (Å²) in [5.41, 5.74) is 0. The molecule has 7 heteroatoms. The van der Waals surface area contributed by atoms with Crippen LogP contribution in [0.2, 0.25) is 0 Å². The molecule has 0 fully saturated rings. The lowest BCUT2D eigenvalue weighted by Crippen LogP contribution is -2.24. The van der Waals surface area contributed by atoms with E-state index in [1.807, 2.05) is 11.9 Å². The number of carbonyl (C=O) groups excluding carboxylic acids is 1. The summed E-state index contributed by atoms with van der Waals surface area (Å²) < 4.78 is 44.2. The van der Waals surface area contributed by atoms with E-state index in [1.54, 1.807) is 0 Å². The second-order valence-electron chi connectivity index (χ2n) is 4.00. The first kappa shape index (κ1) is 17.2. The van der Waals surface area contributed by atoms with Gasteiger partial charge in [-0.3, -0.25) is 4.79 Å². The van der Waals surface area contributed by atoms with Crippen LogP contribution in [0, 0.1) is 0 Å². The maximum absolute atomic E-state index is 11.7. The molecule has 0 radical (unpaired) electrons. The van der Waals surface area contributed by atoms with Gasteiger partial charge in [-0.2, -0.15) is 13.2 Å². The van der Waals surface area contributed by atoms with Crippen LogP contribution >= 0.6 is 0 Å². The Morgan fingerprint density at radius 3 is 2.39 bits per heavy atom. The van der Waals surface area contributed by atoms with E-state index >= 15 is 0 Å². The first-order chi connectivity index (χ1) is 8.35. The first-order valence-electron chi connectivity index (χ1n) is 5.75. The van der Waals surface area contributed by atoms with Crippen LogP contribution in [0.15, 0.2) is 0 Å². The van der Waals surface area contributed by atoms with Crippen molar-refractivity contribution in [3.63, 3.8) is 0 Å². The van der Waals surface area contributed by atoms with E-state index < -0.39 is 12.8 Å². The van der Waals surface area contributed by atoms with Crippen LogP contribution in [0.3, 0.4) is 0 Å². The van der Waals surface area contributed by atoms with Crippen molar-refractivity contribution in [2.45, 2.75) is 25.4 Å². The number of esters is 1. The molecule has 0 saturated carbocycles. The number of hydrogen-bond acceptors (Lipinski definition) is 4. The van der Waals surface area contributed by atoms with Gasteiger partial charge in [0, 0.05) is 19.6 Å². The first-order valence-corrected chi connectivity index (χ1v) is 5.75. The van der Waals surface area contributed by atoms with Crippen LogP contribution < -0.4 is 0 Å². The number of methoxy groups -OCH3 is 1. The molecule has 0 aliphatic carbocycles. The molecule has 0 atom stereocenters. The molecule has 0 aromatic rings. The van der Waals surface area contributed by atoms with Gasteiger partial charge in [0.05, 0.1) is 7.11 Å². The van der Waals surface area contributed by atoms with E-state index in [2.05, 4.69) is 9.47 Å². The molecular weight excluding hydrogens is 251 g/mol. The zero-order valence-electron chi connectivity index (χ0n) is 10.8. The lowest BCUT2D eigenvalue weighted by atomic mass is 10.3. The van der Waals surface area contributed by atoms with Crippen LogP contribution in [-0.4, -0.2) is 57.5 Å². The number of hydrogen-bond donors (Lipinski definition) is 0. The Balaban J connectivity index is 3.37. The Labute approximate surface area is 105 Å². The smallest absolute Gasteiger partial charge is 0.411 e. The van der Waals surface area contributed by atoms with Crippen molar-refractivity contribution in [2.75, 3.05) is 40.5 Å². The van der Waals surface area contributed by atoms with Gasteiger partial charge >= 0.3 is 12.1 Å². The largest absolute Gasteiger partial charge is 0.469 e. The van der Waals surface area contributed by atoms with Crippen LogP contribution in [0.4, 0.5) is 13.2 Å². The summed E-state index contributed by atoms with van der Waals surface area (Å²) in [7, 11) is 3.19. The highest BCUT2D eigenvalue weighted by Crippen LogP contribution is 2.14. The molecule has 0 amide bonds. The number of rotatable bonds is 9. The summed E-state index contributed by atoms with van der Waals surface area (Å²) in [6.07, 6.45) is -2.70. The third-order valence-corrected chi connectivity index (χ3v) is 2.24. The summed E-state index contributed by atoms with van der Waals surface area (Å²) in [5, 5.41) is 0. The van der Waals surface area contributed by atoms with Gasteiger partial charge < -0.3 is 14.4 Å². The van der Waals surface area contributed by atoms with Crippen molar-refractivity contribution in [1.82, 2.24) is 4.90 Å². The van der Waals surface area contributed by atoms with Crippen molar-refractivity contribution in [3.8, 4) is 0 Å². The molecule has 0 N–H and O–H groups in total. The van der Waals surface area contributed by atoms with Gasteiger partial charge in [-0.15, -0.1) is 0 Å². The van der Waals surface area contributed by atoms with Gasteiger partial charge in [-0.1, -0.05) is 0 Å². The zero-order chi connectivity index (χ0) is 14.0. The number of halogens is 3. The normalized spacial score (nSPS) is 11.9. The average Bonchev–Trinajstić information content (AvgIpc) is 2.26. The summed E-state index contributed by atoms with van der Waals surface area (Å²) in [6.45, 7) is 0.229. The molecule has 4 nitrogen and oxygen atoms in total. The maximum Gasteiger partial charge on any atom is 0.411 e. The molecule has 0 aliphatic rings. The zero-order valence-corrected chi connectivity index (χ0v) is 10.8. The molecular formula is C11H20F3NO3. The Kier molecular flexibility index (Phi) is 8.74. The van der Waals surface area contributed by atoms with Crippen molar-refractivity contribution in [3.05, 3.63) is 0 Å². The number of ether oxygens (including phenoxy) is 2. The molecule has 0 aromatic carbocycles. The van der Waals surface area contributed by atoms with Crippen LogP contribution in [-0.2, 0) is 14.3 Å². The SMILES string of the molecule is COC(=O)CCCN(C)CCCOCC(F)(F)F. The Bertz CT molecular complexity index is 234. The number of alkyl halides is 3. The molecule has 0 rings (SSSR count). The van der Waals surface area contributed by atoms with Crippen molar-refractivity contribution < 1.29 is 27.4 Å². The van der Waals surface area contributed by atoms with Gasteiger partial charge in [0.1, 0.15) is 6.61 Å². The standard InChI is InChI=1S/C11H20F3NO3/c1-15(6-3-5-10(16)17-2)7-4-8-18-9-11(12,13)14/h3-9H2,1-2H3. The maximum atomic E-state index is 11.7. The number of carbonyl (C=O) groups is 1. The fourth-order valence-electron chi connectivity index (χ4n) is 1.33. The van der Waals surface area contributed by atoms with Gasteiger partial charge in [0.15, 0.2) is 0 Å². The monoisotopic (exact) mass is 271 g/mol. The van der Waals surface area contributed by atoms with Gasteiger partial charge in [-0.05, 0) is 26.4 Å². The van der Waals surface area contributed by atoms with E-state index in [1.165, 1.54) is 7.11 Å². The minimum Gasteiger partial charge on any atom is -0.469 e. The topological polar surface area (TPSA) is 38.8 Å². The molecule has 0 aromatic heterocycles. The van der Waals surface area contributed by atoms with E-state index in [0.717, 1.165) is 0 Å².